The van der Waals surface area contributed by atoms with E-state index in [1.807, 2.05) is 7.05 Å². The average Bonchev–Trinajstić information content (AvgIpc) is 2.71. The molecule has 0 saturated carbocycles. The molecule has 0 radical (unpaired) electrons. The van der Waals surface area contributed by atoms with Crippen molar-refractivity contribution in [2.45, 2.75) is 38.8 Å². The number of furan rings is 1. The maximum Gasteiger partial charge on any atom is 0.339 e. The Balaban J connectivity index is 1.89. The third kappa shape index (κ3) is 3.81. The number of rotatable bonds is 5. The average molecular weight is 267 g/mol. The molecule has 0 aromatic carbocycles. The molecule has 2 rings (SSSR count). The highest BCUT2D eigenvalue weighted by molar-refractivity contribution is 5.88. The second-order valence-corrected chi connectivity index (χ2v) is 5.17. The largest absolute Gasteiger partial charge is 0.478 e. The second kappa shape index (κ2) is 6.21. The summed E-state index contributed by atoms with van der Waals surface area (Å²) in [4.78, 5) is 13.1. The molecule has 106 valence electrons. The van der Waals surface area contributed by atoms with Gasteiger partial charge in [0.15, 0.2) is 0 Å². The lowest BCUT2D eigenvalue weighted by Gasteiger charge is -2.26. The van der Waals surface area contributed by atoms with Crippen LogP contribution in [0.1, 0.15) is 41.1 Å². The van der Waals surface area contributed by atoms with Crippen LogP contribution in [0.3, 0.4) is 0 Å². The number of carboxylic acids is 1. The molecule has 1 fully saturated rings. The Kier molecular flexibility index (Phi) is 4.61. The molecule has 2 heterocycles. The van der Waals surface area contributed by atoms with Crippen LogP contribution in [0.4, 0.5) is 0 Å². The van der Waals surface area contributed by atoms with Crippen LogP contribution < -0.4 is 0 Å². The van der Waals surface area contributed by atoms with E-state index < -0.39 is 5.97 Å². The van der Waals surface area contributed by atoms with Gasteiger partial charge >= 0.3 is 5.97 Å². The van der Waals surface area contributed by atoms with Crippen LogP contribution in [0, 0.1) is 6.92 Å². The quantitative estimate of drug-likeness (QED) is 0.886. The van der Waals surface area contributed by atoms with E-state index in [0.29, 0.717) is 18.1 Å². The van der Waals surface area contributed by atoms with Gasteiger partial charge in [0.25, 0.3) is 0 Å². The van der Waals surface area contributed by atoms with Gasteiger partial charge in [-0.3, -0.25) is 4.90 Å². The summed E-state index contributed by atoms with van der Waals surface area (Å²) in [5.74, 6) is 0.212. The van der Waals surface area contributed by atoms with Crippen molar-refractivity contribution in [3.05, 3.63) is 23.2 Å². The van der Waals surface area contributed by atoms with Gasteiger partial charge in [-0.15, -0.1) is 0 Å². The molecule has 1 aromatic heterocycles. The van der Waals surface area contributed by atoms with Crippen molar-refractivity contribution in [1.82, 2.24) is 4.90 Å². The molecule has 0 spiro atoms. The lowest BCUT2D eigenvalue weighted by molar-refractivity contribution is -0.00341. The Labute approximate surface area is 113 Å². The van der Waals surface area contributed by atoms with Gasteiger partial charge < -0.3 is 14.3 Å². The van der Waals surface area contributed by atoms with Gasteiger partial charge in [0.1, 0.15) is 17.1 Å². The first-order chi connectivity index (χ1) is 9.06. The Bertz CT molecular complexity index is 435. The summed E-state index contributed by atoms with van der Waals surface area (Å²) >= 11 is 0. The van der Waals surface area contributed by atoms with Crippen molar-refractivity contribution in [2.24, 2.45) is 0 Å². The fourth-order valence-corrected chi connectivity index (χ4v) is 2.46. The molecule has 0 bridgehead atoms. The van der Waals surface area contributed by atoms with E-state index >= 15 is 0 Å². The first kappa shape index (κ1) is 14.1. The summed E-state index contributed by atoms with van der Waals surface area (Å²) < 4.78 is 11.2. The highest BCUT2D eigenvalue weighted by Gasteiger charge is 2.18. The monoisotopic (exact) mass is 267 g/mol. The molecule has 1 atom stereocenters. The van der Waals surface area contributed by atoms with E-state index in [9.17, 15) is 4.79 Å². The predicted molar refractivity (Wildman–Crippen MR) is 70.3 cm³/mol. The first-order valence-electron chi connectivity index (χ1n) is 6.69. The number of hydrogen-bond donors (Lipinski definition) is 1. The minimum absolute atomic E-state index is 0.248. The fourth-order valence-electron chi connectivity index (χ4n) is 2.46. The van der Waals surface area contributed by atoms with Gasteiger partial charge in [-0.05, 0) is 39.3 Å². The van der Waals surface area contributed by atoms with E-state index in [0.717, 1.165) is 26.0 Å². The minimum atomic E-state index is -0.939. The molecule has 1 aliphatic heterocycles. The Morgan fingerprint density at radius 1 is 1.53 bits per heavy atom. The van der Waals surface area contributed by atoms with Gasteiger partial charge in [-0.1, -0.05) is 0 Å². The molecular formula is C14H21NO4. The van der Waals surface area contributed by atoms with Gasteiger partial charge in [-0.2, -0.15) is 0 Å². The summed E-state index contributed by atoms with van der Waals surface area (Å²) in [7, 11) is 2.00. The number of aryl methyl sites for hydroxylation is 1. The second-order valence-electron chi connectivity index (χ2n) is 5.17. The number of carboxylic acid groups (broad SMARTS) is 1. The number of aromatic carboxylic acids is 1. The van der Waals surface area contributed by atoms with Crippen LogP contribution in [-0.4, -0.2) is 42.3 Å². The van der Waals surface area contributed by atoms with Crippen molar-refractivity contribution in [3.63, 3.8) is 0 Å². The number of carbonyl (C=O) groups is 1. The third-order valence-corrected chi connectivity index (χ3v) is 3.41. The number of ether oxygens (including phenoxy) is 1. The van der Waals surface area contributed by atoms with E-state index in [4.69, 9.17) is 14.3 Å². The van der Waals surface area contributed by atoms with Gasteiger partial charge in [0.2, 0.25) is 0 Å². The standard InChI is InChI=1S/C14H21NO4/c1-10-13(14(16)17)7-12(19-10)9-15(2)8-11-5-3-4-6-18-11/h7,11H,3-6,8-9H2,1-2H3,(H,16,17). The molecule has 1 saturated heterocycles. The molecular weight excluding hydrogens is 246 g/mol. The molecule has 1 N–H and O–H groups in total. The van der Waals surface area contributed by atoms with Crippen molar-refractivity contribution < 1.29 is 19.1 Å². The summed E-state index contributed by atoms with van der Waals surface area (Å²) in [6.07, 6.45) is 3.76. The zero-order valence-electron chi connectivity index (χ0n) is 11.5. The zero-order valence-corrected chi connectivity index (χ0v) is 11.5. The fraction of sp³-hybridized carbons (Fsp3) is 0.643. The van der Waals surface area contributed by atoms with E-state index in [1.165, 1.54) is 6.42 Å². The molecule has 5 nitrogen and oxygen atoms in total. The smallest absolute Gasteiger partial charge is 0.339 e. The lowest BCUT2D eigenvalue weighted by atomic mass is 10.1. The maximum atomic E-state index is 10.9. The Hall–Kier alpha value is -1.33. The van der Waals surface area contributed by atoms with Gasteiger partial charge in [-0.25, -0.2) is 4.79 Å². The molecule has 5 heteroatoms. The maximum absolute atomic E-state index is 10.9. The van der Waals surface area contributed by atoms with Crippen LogP contribution in [0.15, 0.2) is 10.5 Å². The van der Waals surface area contributed by atoms with Crippen molar-refractivity contribution in [1.29, 1.82) is 0 Å². The third-order valence-electron chi connectivity index (χ3n) is 3.41. The molecule has 0 amide bonds. The van der Waals surface area contributed by atoms with Gasteiger partial charge in [0, 0.05) is 13.2 Å². The van der Waals surface area contributed by atoms with E-state index in [-0.39, 0.29) is 11.7 Å². The molecule has 0 aliphatic carbocycles. The van der Waals surface area contributed by atoms with Crippen LogP contribution >= 0.6 is 0 Å². The number of nitrogens with zero attached hydrogens (tertiary/aromatic N) is 1. The van der Waals surface area contributed by atoms with Crippen LogP contribution in [0.5, 0.6) is 0 Å². The summed E-state index contributed by atoms with van der Waals surface area (Å²) in [6, 6.07) is 1.61. The van der Waals surface area contributed by atoms with Crippen molar-refractivity contribution in [2.75, 3.05) is 20.2 Å². The molecule has 1 unspecified atom stereocenters. The minimum Gasteiger partial charge on any atom is -0.478 e. The summed E-state index contributed by atoms with van der Waals surface area (Å²) in [5, 5.41) is 8.98. The summed E-state index contributed by atoms with van der Waals surface area (Å²) in [5.41, 5.74) is 0.248. The molecule has 1 aromatic rings. The highest BCUT2D eigenvalue weighted by Crippen LogP contribution is 2.18. The lowest BCUT2D eigenvalue weighted by Crippen LogP contribution is -2.32. The Morgan fingerprint density at radius 2 is 2.32 bits per heavy atom. The molecule has 19 heavy (non-hydrogen) atoms. The van der Waals surface area contributed by atoms with Crippen LogP contribution in [-0.2, 0) is 11.3 Å². The first-order valence-corrected chi connectivity index (χ1v) is 6.69. The zero-order chi connectivity index (χ0) is 13.8. The SMILES string of the molecule is Cc1oc(CN(C)CC2CCCCO2)cc1C(=O)O. The number of likely N-dealkylation sites (N-methyl/N-ethyl adjacent to an activating group) is 1. The summed E-state index contributed by atoms with van der Waals surface area (Å²) in [6.45, 7) is 3.98. The van der Waals surface area contributed by atoms with Crippen molar-refractivity contribution >= 4 is 5.97 Å². The normalized spacial score (nSPS) is 19.8. The van der Waals surface area contributed by atoms with Gasteiger partial charge in [0.05, 0.1) is 12.6 Å². The van der Waals surface area contributed by atoms with E-state index in [1.54, 1.807) is 13.0 Å². The topological polar surface area (TPSA) is 62.9 Å². The molecule has 1 aliphatic rings. The van der Waals surface area contributed by atoms with Crippen LogP contribution in [0.25, 0.3) is 0 Å². The van der Waals surface area contributed by atoms with Crippen LogP contribution in [0.2, 0.25) is 0 Å². The Morgan fingerprint density at radius 3 is 2.89 bits per heavy atom. The number of hydrogen-bond acceptors (Lipinski definition) is 4. The predicted octanol–water partition coefficient (Wildman–Crippen LogP) is 2.29. The van der Waals surface area contributed by atoms with E-state index in [2.05, 4.69) is 4.90 Å². The highest BCUT2D eigenvalue weighted by atomic mass is 16.5. The van der Waals surface area contributed by atoms with Crippen molar-refractivity contribution in [3.8, 4) is 0 Å².